The molecule has 1 saturated carbocycles. The van der Waals surface area contributed by atoms with Gasteiger partial charge in [0.25, 0.3) is 11.8 Å². The molecule has 2 unspecified atom stereocenters. The molecular weight excluding hydrogens is 270 g/mol. The molecule has 1 heterocycles. The zero-order valence-corrected chi connectivity index (χ0v) is 12.0. The molecule has 1 aliphatic carbocycles. The minimum Gasteiger partial charge on any atom is -0.481 e. The van der Waals surface area contributed by atoms with E-state index in [2.05, 4.69) is 13.2 Å². The Kier molecular flexibility index (Phi) is 4.11. The van der Waals surface area contributed by atoms with Crippen LogP contribution in [-0.2, 0) is 14.4 Å². The van der Waals surface area contributed by atoms with Crippen molar-refractivity contribution < 1.29 is 19.5 Å². The van der Waals surface area contributed by atoms with Crippen LogP contribution in [0.1, 0.15) is 19.8 Å². The number of imide groups is 1. The topological polar surface area (TPSA) is 74.7 Å². The fourth-order valence-corrected chi connectivity index (χ4v) is 3.36. The molecule has 0 radical (unpaired) electrons. The molecule has 2 rings (SSSR count). The standard InChI is InChI=1S/C16H19NO4/c1-4-11-12(5-2)15(19)17(14(11)18)8-10-7-6-9(3)13(10)16(20)21/h4-5,9-10,13H,1-2,6-8H2,3H3,(H,20,21)/t9?,10-,13?/m0/s1. The van der Waals surface area contributed by atoms with E-state index in [4.69, 9.17) is 0 Å². The van der Waals surface area contributed by atoms with E-state index in [1.807, 2.05) is 6.92 Å². The molecule has 2 amide bonds. The summed E-state index contributed by atoms with van der Waals surface area (Å²) in [4.78, 5) is 37.0. The number of rotatable bonds is 5. The van der Waals surface area contributed by atoms with Crippen LogP contribution >= 0.6 is 0 Å². The molecule has 5 nitrogen and oxygen atoms in total. The molecule has 0 aromatic heterocycles. The van der Waals surface area contributed by atoms with Crippen molar-refractivity contribution >= 4 is 17.8 Å². The third-order valence-corrected chi connectivity index (χ3v) is 4.47. The van der Waals surface area contributed by atoms with Gasteiger partial charge in [-0.1, -0.05) is 32.2 Å². The van der Waals surface area contributed by atoms with Crippen LogP contribution in [0.3, 0.4) is 0 Å². The van der Waals surface area contributed by atoms with Crippen LogP contribution < -0.4 is 0 Å². The summed E-state index contributed by atoms with van der Waals surface area (Å²) in [6.45, 7) is 9.14. The molecule has 1 aliphatic heterocycles. The summed E-state index contributed by atoms with van der Waals surface area (Å²) in [7, 11) is 0. The predicted molar refractivity (Wildman–Crippen MR) is 77.2 cm³/mol. The Morgan fingerprint density at radius 2 is 1.76 bits per heavy atom. The van der Waals surface area contributed by atoms with Gasteiger partial charge in [-0.15, -0.1) is 0 Å². The molecule has 21 heavy (non-hydrogen) atoms. The maximum absolute atomic E-state index is 12.2. The summed E-state index contributed by atoms with van der Waals surface area (Å²) in [5.74, 6) is -2.32. The smallest absolute Gasteiger partial charge is 0.307 e. The van der Waals surface area contributed by atoms with Crippen molar-refractivity contribution in [3.63, 3.8) is 0 Å². The SMILES string of the molecule is C=CC1=C(C=C)C(=O)N(C[C@@H]2CCC(C)C2C(=O)O)C1=O. The van der Waals surface area contributed by atoms with Crippen LogP contribution in [0.4, 0.5) is 0 Å². The normalized spacial score (nSPS) is 29.2. The predicted octanol–water partition coefficient (Wildman–Crippen LogP) is 1.77. The number of amides is 2. The highest BCUT2D eigenvalue weighted by Gasteiger charge is 2.43. The third kappa shape index (κ3) is 2.44. The van der Waals surface area contributed by atoms with E-state index >= 15 is 0 Å². The number of carboxylic acid groups (broad SMARTS) is 1. The van der Waals surface area contributed by atoms with Crippen LogP contribution in [0.25, 0.3) is 0 Å². The molecule has 2 aliphatic rings. The minimum absolute atomic E-state index is 0.0611. The van der Waals surface area contributed by atoms with E-state index in [0.29, 0.717) is 6.42 Å². The molecule has 0 aromatic carbocycles. The Balaban J connectivity index is 2.20. The Morgan fingerprint density at radius 3 is 2.19 bits per heavy atom. The first-order valence-corrected chi connectivity index (χ1v) is 7.00. The van der Waals surface area contributed by atoms with E-state index in [-0.39, 0.29) is 29.5 Å². The number of carbonyl (C=O) groups excluding carboxylic acids is 2. The minimum atomic E-state index is -0.857. The highest BCUT2D eigenvalue weighted by molar-refractivity contribution is 6.21. The molecule has 1 fully saturated rings. The van der Waals surface area contributed by atoms with Gasteiger partial charge in [-0.3, -0.25) is 19.3 Å². The highest BCUT2D eigenvalue weighted by atomic mass is 16.4. The van der Waals surface area contributed by atoms with Crippen molar-refractivity contribution in [3.05, 3.63) is 36.5 Å². The Morgan fingerprint density at radius 1 is 1.24 bits per heavy atom. The zero-order chi connectivity index (χ0) is 15.7. The number of nitrogens with zero attached hydrogens (tertiary/aromatic N) is 1. The number of hydrogen-bond donors (Lipinski definition) is 1. The highest BCUT2D eigenvalue weighted by Crippen LogP contribution is 2.38. The van der Waals surface area contributed by atoms with Gasteiger partial charge in [0.2, 0.25) is 0 Å². The molecule has 3 atom stereocenters. The van der Waals surface area contributed by atoms with Gasteiger partial charge in [-0.25, -0.2) is 0 Å². The maximum atomic E-state index is 12.2. The van der Waals surface area contributed by atoms with Gasteiger partial charge in [0.05, 0.1) is 17.1 Å². The van der Waals surface area contributed by atoms with Crippen molar-refractivity contribution in [1.82, 2.24) is 4.90 Å². The number of carbonyl (C=O) groups is 3. The third-order valence-electron chi connectivity index (χ3n) is 4.47. The second-order valence-corrected chi connectivity index (χ2v) is 5.64. The number of aliphatic carboxylic acids is 1. The van der Waals surface area contributed by atoms with Crippen molar-refractivity contribution in [2.75, 3.05) is 6.54 Å². The van der Waals surface area contributed by atoms with E-state index in [9.17, 15) is 19.5 Å². The second kappa shape index (κ2) is 5.68. The van der Waals surface area contributed by atoms with Gasteiger partial charge < -0.3 is 5.11 Å². The Labute approximate surface area is 123 Å². The molecule has 112 valence electrons. The Bertz CT molecular complexity index is 531. The lowest BCUT2D eigenvalue weighted by Crippen LogP contribution is -2.39. The van der Waals surface area contributed by atoms with Gasteiger partial charge in [0, 0.05) is 6.54 Å². The van der Waals surface area contributed by atoms with Crippen LogP contribution in [0, 0.1) is 17.8 Å². The van der Waals surface area contributed by atoms with Gasteiger partial charge in [0.1, 0.15) is 0 Å². The molecule has 0 bridgehead atoms. The quantitative estimate of drug-likeness (QED) is 0.783. The van der Waals surface area contributed by atoms with Crippen LogP contribution in [0.5, 0.6) is 0 Å². The zero-order valence-electron chi connectivity index (χ0n) is 12.0. The van der Waals surface area contributed by atoms with Gasteiger partial charge in [-0.05, 0) is 24.7 Å². The first-order valence-electron chi connectivity index (χ1n) is 7.00. The molecule has 0 spiro atoms. The Hall–Kier alpha value is -2.17. The first-order chi connectivity index (χ1) is 9.92. The van der Waals surface area contributed by atoms with Gasteiger partial charge in [0.15, 0.2) is 0 Å². The average Bonchev–Trinajstić information content (AvgIpc) is 2.91. The van der Waals surface area contributed by atoms with E-state index in [1.54, 1.807) is 0 Å². The van der Waals surface area contributed by atoms with Gasteiger partial charge in [-0.2, -0.15) is 0 Å². The van der Waals surface area contributed by atoms with E-state index in [0.717, 1.165) is 11.3 Å². The monoisotopic (exact) mass is 289 g/mol. The maximum Gasteiger partial charge on any atom is 0.307 e. The lowest BCUT2D eigenvalue weighted by atomic mass is 9.90. The number of hydrogen-bond acceptors (Lipinski definition) is 3. The number of carboxylic acids is 1. The van der Waals surface area contributed by atoms with Crippen LogP contribution in [-0.4, -0.2) is 34.3 Å². The molecule has 5 heteroatoms. The first kappa shape index (κ1) is 15.2. The van der Waals surface area contributed by atoms with Crippen LogP contribution in [0.2, 0.25) is 0 Å². The summed E-state index contributed by atoms with van der Waals surface area (Å²) in [6.07, 6.45) is 4.21. The fraction of sp³-hybridized carbons (Fsp3) is 0.438. The summed E-state index contributed by atoms with van der Waals surface area (Å²) < 4.78 is 0. The summed E-state index contributed by atoms with van der Waals surface area (Å²) in [5.41, 5.74) is 0.487. The molecule has 0 saturated heterocycles. The lowest BCUT2D eigenvalue weighted by molar-refractivity contribution is -0.147. The van der Waals surface area contributed by atoms with E-state index in [1.165, 1.54) is 12.2 Å². The molecule has 0 aromatic rings. The van der Waals surface area contributed by atoms with Crippen molar-refractivity contribution in [3.8, 4) is 0 Å². The summed E-state index contributed by atoms with van der Waals surface area (Å²) in [5, 5.41) is 9.32. The van der Waals surface area contributed by atoms with Crippen molar-refractivity contribution in [2.45, 2.75) is 19.8 Å². The average molecular weight is 289 g/mol. The van der Waals surface area contributed by atoms with Crippen molar-refractivity contribution in [1.29, 1.82) is 0 Å². The molecular formula is C16H19NO4. The molecule has 1 N–H and O–H groups in total. The largest absolute Gasteiger partial charge is 0.481 e. The van der Waals surface area contributed by atoms with Gasteiger partial charge >= 0.3 is 5.97 Å². The fourth-order valence-electron chi connectivity index (χ4n) is 3.36. The van der Waals surface area contributed by atoms with Crippen LogP contribution in [0.15, 0.2) is 36.5 Å². The van der Waals surface area contributed by atoms with E-state index < -0.39 is 23.7 Å². The summed E-state index contributed by atoms with van der Waals surface area (Å²) in [6, 6.07) is 0. The second-order valence-electron chi connectivity index (χ2n) is 5.64. The van der Waals surface area contributed by atoms with Crippen molar-refractivity contribution in [2.24, 2.45) is 17.8 Å². The lowest BCUT2D eigenvalue weighted by Gasteiger charge is -2.23. The summed E-state index contributed by atoms with van der Waals surface area (Å²) >= 11 is 0.